The lowest BCUT2D eigenvalue weighted by molar-refractivity contribution is 0.1000. The molecule has 0 aliphatic carbocycles. The quantitative estimate of drug-likeness (QED) is 0.772. The Morgan fingerprint density at radius 2 is 2.00 bits per heavy atom. The monoisotopic (exact) mass is 428 g/mol. The largest absolute Gasteiger partial charge is 0.365 e. The zero-order valence-corrected chi connectivity index (χ0v) is 17.5. The van der Waals surface area contributed by atoms with E-state index in [0.717, 1.165) is 36.5 Å². The molecule has 27 heavy (non-hydrogen) atoms. The van der Waals surface area contributed by atoms with Crippen LogP contribution in [-0.4, -0.2) is 37.0 Å². The van der Waals surface area contributed by atoms with Crippen molar-refractivity contribution in [3.63, 3.8) is 0 Å². The Labute approximate surface area is 173 Å². The van der Waals surface area contributed by atoms with Gasteiger partial charge in [-0.3, -0.25) is 19.9 Å². The van der Waals surface area contributed by atoms with Gasteiger partial charge in [-0.05, 0) is 42.8 Å². The Hall–Kier alpha value is -1.80. The van der Waals surface area contributed by atoms with E-state index in [1.807, 2.05) is 0 Å². The molecule has 0 fully saturated rings. The van der Waals surface area contributed by atoms with Crippen LogP contribution in [0.1, 0.15) is 27.7 Å². The van der Waals surface area contributed by atoms with E-state index in [1.165, 1.54) is 16.2 Å². The zero-order valence-electron chi connectivity index (χ0n) is 15.1. The molecule has 146 valence electrons. The molecule has 3 N–H and O–H groups in total. The molecule has 0 radical (unpaired) electrons. The number of nitrogens with zero attached hydrogens (tertiary/aromatic N) is 2. The van der Waals surface area contributed by atoms with E-state index in [9.17, 15) is 9.59 Å². The fraction of sp³-hybridized carbons (Fsp3) is 0.333. The second-order valence-electron chi connectivity index (χ2n) is 6.16. The highest BCUT2D eigenvalue weighted by Gasteiger charge is 2.27. The van der Waals surface area contributed by atoms with E-state index in [0.29, 0.717) is 21.3 Å². The van der Waals surface area contributed by atoms with Crippen LogP contribution in [0.25, 0.3) is 0 Å². The predicted molar refractivity (Wildman–Crippen MR) is 114 cm³/mol. The third-order valence-corrected chi connectivity index (χ3v) is 5.95. The van der Waals surface area contributed by atoms with Crippen LogP contribution in [-0.2, 0) is 13.0 Å². The molecule has 0 unspecified atom stereocenters. The maximum Gasteiger partial charge on any atom is 0.326 e. The molecule has 1 aromatic carbocycles. The van der Waals surface area contributed by atoms with E-state index in [4.69, 9.17) is 17.3 Å². The highest BCUT2D eigenvalue weighted by atomic mass is 35.5. The van der Waals surface area contributed by atoms with Crippen LogP contribution in [0.15, 0.2) is 24.3 Å². The van der Waals surface area contributed by atoms with Gasteiger partial charge < -0.3 is 5.73 Å². The number of benzene rings is 1. The predicted octanol–water partition coefficient (Wildman–Crippen LogP) is 3.97. The lowest BCUT2D eigenvalue weighted by Gasteiger charge is -2.25. The van der Waals surface area contributed by atoms with Crippen LogP contribution in [0.5, 0.6) is 0 Å². The van der Waals surface area contributed by atoms with Crippen LogP contribution in [0.3, 0.4) is 0 Å². The number of carbonyl (C=O) groups excluding carboxylic acids is 2. The Morgan fingerprint density at radius 3 is 2.59 bits per heavy atom. The number of primary amides is 1. The first-order valence-corrected chi connectivity index (χ1v) is 9.57. The molecule has 1 aliphatic heterocycles. The number of hydrogen-bond donors (Lipinski definition) is 2. The number of nitrogens with one attached hydrogen (secondary N) is 1. The third kappa shape index (κ3) is 4.55. The number of carbonyl (C=O) groups is 2. The van der Waals surface area contributed by atoms with Gasteiger partial charge in [-0.2, -0.15) is 0 Å². The van der Waals surface area contributed by atoms with E-state index < -0.39 is 5.91 Å². The van der Waals surface area contributed by atoms with Crippen molar-refractivity contribution in [2.45, 2.75) is 19.9 Å². The molecule has 1 aromatic heterocycles. The van der Waals surface area contributed by atoms with Gasteiger partial charge in [0.15, 0.2) is 0 Å². The Bertz CT molecular complexity index is 839. The van der Waals surface area contributed by atoms with Crippen molar-refractivity contribution in [1.29, 1.82) is 0 Å². The lowest BCUT2D eigenvalue weighted by Crippen LogP contribution is -2.32. The van der Waals surface area contributed by atoms with Gasteiger partial charge in [0.05, 0.1) is 5.56 Å². The Balaban J connectivity index is 0.00000261. The number of amides is 3. The van der Waals surface area contributed by atoms with Gasteiger partial charge >= 0.3 is 6.03 Å². The van der Waals surface area contributed by atoms with E-state index >= 15 is 0 Å². The van der Waals surface area contributed by atoms with Crippen LogP contribution in [0.2, 0.25) is 5.02 Å². The van der Waals surface area contributed by atoms with Gasteiger partial charge in [0.2, 0.25) is 0 Å². The Kier molecular flexibility index (Phi) is 7.11. The lowest BCUT2D eigenvalue weighted by atomic mass is 10.0. The van der Waals surface area contributed by atoms with Crippen molar-refractivity contribution < 1.29 is 9.59 Å². The Morgan fingerprint density at radius 1 is 1.33 bits per heavy atom. The number of hydrogen-bond acceptors (Lipinski definition) is 4. The minimum absolute atomic E-state index is 0. The molecule has 0 saturated carbocycles. The van der Waals surface area contributed by atoms with Crippen molar-refractivity contribution in [2.24, 2.45) is 5.73 Å². The summed E-state index contributed by atoms with van der Waals surface area (Å²) in [4.78, 5) is 29.5. The number of rotatable bonds is 4. The smallest absolute Gasteiger partial charge is 0.326 e. The number of thiophene rings is 1. The number of nitrogens with two attached hydrogens (primary N) is 1. The summed E-state index contributed by atoms with van der Waals surface area (Å²) in [6.07, 6.45) is 0.765. The maximum atomic E-state index is 12.6. The van der Waals surface area contributed by atoms with Crippen molar-refractivity contribution in [2.75, 3.05) is 30.4 Å². The maximum absolute atomic E-state index is 12.6. The summed E-state index contributed by atoms with van der Waals surface area (Å²) in [5.41, 5.74) is 7.72. The first kappa shape index (κ1) is 21.5. The highest BCUT2D eigenvalue weighted by Crippen LogP contribution is 2.37. The van der Waals surface area contributed by atoms with Crippen LogP contribution in [0.4, 0.5) is 15.5 Å². The summed E-state index contributed by atoms with van der Waals surface area (Å²) in [5.74, 6) is -0.503. The van der Waals surface area contributed by atoms with Crippen LogP contribution < -0.4 is 16.0 Å². The SMILES string of the molecule is CCN1CCc2c(sc(NC(=O)N(C)c3ccc(Cl)cc3)c2C(N)=O)C1.Cl. The molecule has 6 nitrogen and oxygen atoms in total. The van der Waals surface area contributed by atoms with Gasteiger partial charge in [-0.25, -0.2) is 4.79 Å². The second kappa shape index (κ2) is 8.93. The summed E-state index contributed by atoms with van der Waals surface area (Å²) >= 11 is 7.32. The van der Waals surface area contributed by atoms with Gasteiger partial charge in [0.25, 0.3) is 5.91 Å². The van der Waals surface area contributed by atoms with Crippen LogP contribution >= 0.6 is 35.3 Å². The fourth-order valence-corrected chi connectivity index (χ4v) is 4.45. The van der Waals surface area contributed by atoms with Crippen molar-refractivity contribution in [3.05, 3.63) is 45.3 Å². The summed E-state index contributed by atoms with van der Waals surface area (Å²) in [7, 11) is 1.66. The molecule has 0 saturated heterocycles. The average Bonchev–Trinajstić information content (AvgIpc) is 2.98. The van der Waals surface area contributed by atoms with Crippen molar-refractivity contribution in [1.82, 2.24) is 4.90 Å². The minimum atomic E-state index is -0.503. The topological polar surface area (TPSA) is 78.7 Å². The first-order valence-electron chi connectivity index (χ1n) is 8.37. The van der Waals surface area contributed by atoms with Gasteiger partial charge in [0.1, 0.15) is 5.00 Å². The molecule has 0 atom stereocenters. The number of likely N-dealkylation sites (N-methyl/N-ethyl adjacent to an activating group) is 1. The number of halogens is 2. The van der Waals surface area contributed by atoms with Gasteiger partial charge in [-0.1, -0.05) is 18.5 Å². The van der Waals surface area contributed by atoms with Crippen molar-refractivity contribution >= 4 is 58.0 Å². The first-order chi connectivity index (χ1) is 12.4. The van der Waals surface area contributed by atoms with Gasteiger partial charge in [0, 0.05) is 35.7 Å². The van der Waals surface area contributed by atoms with Crippen molar-refractivity contribution in [3.8, 4) is 0 Å². The molecular formula is C18H22Cl2N4O2S. The zero-order chi connectivity index (χ0) is 18.8. The summed E-state index contributed by atoms with van der Waals surface area (Å²) in [6, 6.07) is 6.63. The second-order valence-corrected chi connectivity index (χ2v) is 7.70. The molecule has 0 bridgehead atoms. The summed E-state index contributed by atoms with van der Waals surface area (Å²) in [6.45, 7) is 4.72. The fourth-order valence-electron chi connectivity index (χ4n) is 3.04. The summed E-state index contributed by atoms with van der Waals surface area (Å²) in [5, 5.41) is 3.97. The number of anilines is 2. The van der Waals surface area contributed by atoms with E-state index in [1.54, 1.807) is 31.3 Å². The summed E-state index contributed by atoms with van der Waals surface area (Å²) < 4.78 is 0. The van der Waals surface area contributed by atoms with E-state index in [2.05, 4.69) is 17.1 Å². The normalized spacial score (nSPS) is 13.4. The molecule has 3 amide bonds. The standard InChI is InChI=1S/C18H21ClN4O2S.ClH/c1-3-23-9-8-13-14(10-23)26-17(15(13)16(20)24)21-18(25)22(2)12-6-4-11(19)5-7-12;/h4-7H,3,8-10H2,1-2H3,(H2,20,24)(H,21,25);1H. The molecular weight excluding hydrogens is 407 g/mol. The number of urea groups is 1. The molecule has 0 spiro atoms. The van der Waals surface area contributed by atoms with Gasteiger partial charge in [-0.15, -0.1) is 23.7 Å². The average molecular weight is 429 g/mol. The molecule has 2 aromatic rings. The highest BCUT2D eigenvalue weighted by molar-refractivity contribution is 7.17. The van der Waals surface area contributed by atoms with E-state index in [-0.39, 0.29) is 18.4 Å². The van der Waals surface area contributed by atoms with Crippen LogP contribution in [0, 0.1) is 0 Å². The molecule has 1 aliphatic rings. The molecule has 9 heteroatoms. The molecule has 3 rings (SSSR count). The third-order valence-electron chi connectivity index (χ3n) is 4.57. The molecule has 2 heterocycles. The minimum Gasteiger partial charge on any atom is -0.365 e. The number of fused-ring (bicyclic) bond motifs is 1.